The Balaban J connectivity index is 1.85. The molecule has 0 unspecified atom stereocenters. The van der Waals surface area contributed by atoms with Crippen molar-refractivity contribution in [3.63, 3.8) is 0 Å². The van der Waals surface area contributed by atoms with E-state index in [2.05, 4.69) is 4.98 Å². The lowest BCUT2D eigenvalue weighted by molar-refractivity contribution is -0.186. The Bertz CT molecular complexity index is 958. The number of rotatable bonds is 6. The first-order valence-corrected chi connectivity index (χ1v) is 10.6. The summed E-state index contributed by atoms with van der Waals surface area (Å²) in [5.74, 6) is 0.378. The van der Waals surface area contributed by atoms with E-state index in [0.29, 0.717) is 17.1 Å². The molecule has 1 fully saturated rings. The molecular formula is C21H23NO8S. The predicted octanol–water partition coefficient (Wildman–Crippen LogP) is 2.90. The van der Waals surface area contributed by atoms with E-state index in [0.717, 1.165) is 5.76 Å². The molecule has 166 valence electrons. The van der Waals surface area contributed by atoms with Crippen LogP contribution in [0.2, 0.25) is 0 Å². The number of thioether (sulfide) groups is 1. The molecule has 0 bridgehead atoms. The van der Waals surface area contributed by atoms with Crippen molar-refractivity contribution in [3.8, 4) is 17.1 Å². The monoisotopic (exact) mass is 449 g/mol. The highest BCUT2D eigenvalue weighted by Gasteiger charge is 2.47. The van der Waals surface area contributed by atoms with Crippen LogP contribution in [0.25, 0.3) is 11.3 Å². The van der Waals surface area contributed by atoms with Gasteiger partial charge in [-0.2, -0.15) is 0 Å². The third-order valence-corrected chi connectivity index (χ3v) is 5.51. The Hall–Kier alpha value is -3.01. The summed E-state index contributed by atoms with van der Waals surface area (Å²) in [6, 6.07) is 5.42. The Kier molecular flexibility index (Phi) is 7.21. The first-order valence-electron chi connectivity index (χ1n) is 9.54. The van der Waals surface area contributed by atoms with Crippen molar-refractivity contribution in [1.82, 2.24) is 4.98 Å². The number of furan rings is 1. The zero-order valence-corrected chi connectivity index (χ0v) is 18.3. The van der Waals surface area contributed by atoms with Gasteiger partial charge in [0.1, 0.15) is 17.3 Å². The second-order valence-electron chi connectivity index (χ2n) is 6.94. The molecule has 0 saturated carbocycles. The maximum absolute atomic E-state index is 11.8. The molecule has 2 aromatic heterocycles. The second-order valence-corrected chi connectivity index (χ2v) is 8.07. The van der Waals surface area contributed by atoms with Crippen molar-refractivity contribution in [3.05, 3.63) is 36.4 Å². The molecule has 1 saturated heterocycles. The van der Waals surface area contributed by atoms with E-state index in [1.807, 2.05) is 19.1 Å². The van der Waals surface area contributed by atoms with Gasteiger partial charge in [-0.3, -0.25) is 19.4 Å². The molecule has 0 radical (unpaired) electrons. The minimum atomic E-state index is -1.01. The van der Waals surface area contributed by atoms with Crippen LogP contribution in [-0.4, -0.2) is 52.4 Å². The molecule has 31 heavy (non-hydrogen) atoms. The number of esters is 3. The van der Waals surface area contributed by atoms with Gasteiger partial charge in [-0.05, 0) is 25.1 Å². The van der Waals surface area contributed by atoms with Gasteiger partial charge in [0.05, 0.1) is 6.20 Å². The highest BCUT2D eigenvalue weighted by molar-refractivity contribution is 7.99. The minimum Gasteiger partial charge on any atom is -0.474 e. The topological polar surface area (TPSA) is 114 Å². The maximum Gasteiger partial charge on any atom is 0.303 e. The summed E-state index contributed by atoms with van der Waals surface area (Å²) in [5, 5.41) is 0. The van der Waals surface area contributed by atoms with Gasteiger partial charge in [-0.1, -0.05) is 0 Å². The summed E-state index contributed by atoms with van der Waals surface area (Å²) < 4.78 is 27.8. The largest absolute Gasteiger partial charge is 0.474 e. The molecule has 0 amide bonds. The van der Waals surface area contributed by atoms with Crippen LogP contribution < -0.4 is 4.74 Å². The zero-order chi connectivity index (χ0) is 22.5. The van der Waals surface area contributed by atoms with Crippen molar-refractivity contribution in [2.24, 2.45) is 0 Å². The standard InChI is InChI=1S/C21H23NO8S/c1-11-5-6-17(26-11)15-7-16(9-22-8-15)30-21-20(29-14(4)25)19(28-13(3)24)18(10-31-21)27-12(2)23/h5-9,18-21H,10H2,1-4H3/t18-,19+,20-,21+/m1/s1. The summed E-state index contributed by atoms with van der Waals surface area (Å²) in [6.07, 6.45) is 0.357. The van der Waals surface area contributed by atoms with Gasteiger partial charge >= 0.3 is 17.9 Å². The number of pyridine rings is 1. The lowest BCUT2D eigenvalue weighted by Crippen LogP contribution is -2.55. The molecule has 9 nitrogen and oxygen atoms in total. The fourth-order valence-corrected chi connectivity index (χ4v) is 4.37. The second kappa shape index (κ2) is 9.86. The van der Waals surface area contributed by atoms with E-state index in [1.54, 1.807) is 12.3 Å². The van der Waals surface area contributed by atoms with Crippen LogP contribution in [0.4, 0.5) is 0 Å². The van der Waals surface area contributed by atoms with Gasteiger partial charge in [-0.15, -0.1) is 11.8 Å². The Morgan fingerprint density at radius 1 is 1.00 bits per heavy atom. The highest BCUT2D eigenvalue weighted by Crippen LogP contribution is 2.35. The predicted molar refractivity (Wildman–Crippen MR) is 110 cm³/mol. The molecule has 1 aliphatic rings. The summed E-state index contributed by atoms with van der Waals surface area (Å²) in [7, 11) is 0. The summed E-state index contributed by atoms with van der Waals surface area (Å²) in [5.41, 5.74) is -0.0137. The lowest BCUT2D eigenvalue weighted by Gasteiger charge is -2.39. The molecule has 3 heterocycles. The molecule has 0 N–H and O–H groups in total. The fourth-order valence-electron chi connectivity index (χ4n) is 3.15. The van der Waals surface area contributed by atoms with Crippen LogP contribution in [0.15, 0.2) is 35.0 Å². The fraction of sp³-hybridized carbons (Fsp3) is 0.429. The van der Waals surface area contributed by atoms with Crippen LogP contribution in [0.1, 0.15) is 26.5 Å². The lowest BCUT2D eigenvalue weighted by atomic mass is 10.1. The van der Waals surface area contributed by atoms with E-state index in [1.165, 1.54) is 38.7 Å². The minimum absolute atomic E-state index is 0.282. The summed E-state index contributed by atoms with van der Waals surface area (Å²) >= 11 is 1.28. The van der Waals surface area contributed by atoms with Crippen LogP contribution in [0, 0.1) is 6.92 Å². The van der Waals surface area contributed by atoms with Crippen molar-refractivity contribution >= 4 is 29.7 Å². The van der Waals surface area contributed by atoms with Crippen LogP contribution in [0.5, 0.6) is 5.75 Å². The number of aryl methyl sites for hydroxylation is 1. The number of aromatic nitrogens is 1. The number of carbonyl (C=O) groups excluding carboxylic acids is 3. The average molecular weight is 449 g/mol. The van der Waals surface area contributed by atoms with Gasteiger partial charge in [0.15, 0.2) is 23.7 Å². The first kappa shape index (κ1) is 22.7. The van der Waals surface area contributed by atoms with Gasteiger partial charge in [0, 0.05) is 38.3 Å². The van der Waals surface area contributed by atoms with Crippen LogP contribution in [0.3, 0.4) is 0 Å². The molecule has 0 aromatic carbocycles. The summed E-state index contributed by atoms with van der Waals surface area (Å²) in [4.78, 5) is 39.1. The smallest absolute Gasteiger partial charge is 0.303 e. The third kappa shape index (κ3) is 6.00. The van der Waals surface area contributed by atoms with Crippen molar-refractivity contribution in [2.75, 3.05) is 5.75 Å². The van der Waals surface area contributed by atoms with E-state index in [9.17, 15) is 14.4 Å². The van der Waals surface area contributed by atoms with Crippen LogP contribution >= 0.6 is 11.8 Å². The number of hydrogen-bond donors (Lipinski definition) is 0. The highest BCUT2D eigenvalue weighted by atomic mass is 32.2. The number of carbonyl (C=O) groups is 3. The van der Waals surface area contributed by atoms with Gasteiger partial charge in [0.2, 0.25) is 0 Å². The van der Waals surface area contributed by atoms with Gasteiger partial charge < -0.3 is 23.4 Å². The molecule has 10 heteroatoms. The maximum atomic E-state index is 11.8. The number of hydrogen-bond acceptors (Lipinski definition) is 10. The molecular weight excluding hydrogens is 426 g/mol. The SMILES string of the molecule is CC(=O)O[C@@H]1[C@@H](OC(C)=O)[C@@H](Oc2cncc(-c3ccc(C)o3)c2)SC[C@H]1OC(C)=O. The Morgan fingerprint density at radius 3 is 2.29 bits per heavy atom. The number of ether oxygens (including phenoxy) is 4. The zero-order valence-electron chi connectivity index (χ0n) is 17.5. The van der Waals surface area contributed by atoms with Crippen molar-refractivity contribution in [1.29, 1.82) is 0 Å². The average Bonchev–Trinajstić information content (AvgIpc) is 3.12. The molecule has 0 spiro atoms. The van der Waals surface area contributed by atoms with Gasteiger partial charge in [-0.25, -0.2) is 0 Å². The molecule has 4 atom stereocenters. The van der Waals surface area contributed by atoms with Gasteiger partial charge in [0.25, 0.3) is 0 Å². The normalized spacial score (nSPS) is 23.0. The molecule has 0 aliphatic carbocycles. The van der Waals surface area contributed by atoms with E-state index in [-0.39, 0.29) is 5.75 Å². The Morgan fingerprint density at radius 2 is 1.68 bits per heavy atom. The van der Waals surface area contributed by atoms with E-state index in [4.69, 9.17) is 23.4 Å². The first-order chi connectivity index (χ1) is 14.7. The molecule has 3 rings (SSSR count). The van der Waals surface area contributed by atoms with Crippen molar-refractivity contribution < 1.29 is 37.7 Å². The van der Waals surface area contributed by atoms with E-state index < -0.39 is 41.7 Å². The third-order valence-electron chi connectivity index (χ3n) is 4.29. The van der Waals surface area contributed by atoms with E-state index >= 15 is 0 Å². The molecule has 1 aliphatic heterocycles. The quantitative estimate of drug-likeness (QED) is 0.482. The van der Waals surface area contributed by atoms with Crippen LogP contribution in [-0.2, 0) is 28.6 Å². The van der Waals surface area contributed by atoms with Crippen molar-refractivity contribution in [2.45, 2.75) is 51.4 Å². The summed E-state index contributed by atoms with van der Waals surface area (Å²) in [6.45, 7) is 5.57. The molecule has 2 aromatic rings. The Labute approximate surface area is 183 Å². The number of nitrogens with zero attached hydrogens (tertiary/aromatic N) is 1.